The number of hydrogen-bond donors (Lipinski definition) is 1. The third-order valence-corrected chi connectivity index (χ3v) is 2.50. The highest BCUT2D eigenvalue weighted by Crippen LogP contribution is 2.34. The SMILES string of the molecule is CC(C)[C@H](N)c1ccc2c(c1)OCO2. The molecule has 0 spiro atoms. The summed E-state index contributed by atoms with van der Waals surface area (Å²) in [6.07, 6.45) is 0. The molecule has 0 aromatic heterocycles. The Kier molecular flexibility index (Phi) is 2.33. The third-order valence-electron chi connectivity index (χ3n) is 2.50. The molecular formula is C11H15NO2. The smallest absolute Gasteiger partial charge is 0.231 e. The minimum atomic E-state index is 0.0597. The fourth-order valence-electron chi connectivity index (χ4n) is 1.51. The van der Waals surface area contributed by atoms with Crippen LogP contribution in [0.4, 0.5) is 0 Å². The van der Waals surface area contributed by atoms with Crippen molar-refractivity contribution in [1.82, 2.24) is 0 Å². The van der Waals surface area contributed by atoms with Crippen molar-refractivity contribution in [3.05, 3.63) is 23.8 Å². The van der Waals surface area contributed by atoms with Crippen LogP contribution in [0.25, 0.3) is 0 Å². The standard InChI is InChI=1S/C11H15NO2/c1-7(2)11(12)8-3-4-9-10(5-8)14-6-13-9/h3-5,7,11H,6,12H2,1-2H3/t11-/m0/s1. The van der Waals surface area contributed by atoms with E-state index in [9.17, 15) is 0 Å². The zero-order valence-electron chi connectivity index (χ0n) is 8.49. The van der Waals surface area contributed by atoms with Crippen molar-refractivity contribution in [2.24, 2.45) is 11.7 Å². The quantitative estimate of drug-likeness (QED) is 0.782. The molecule has 1 heterocycles. The van der Waals surface area contributed by atoms with Gasteiger partial charge in [0.25, 0.3) is 0 Å². The van der Waals surface area contributed by atoms with Gasteiger partial charge in [-0.1, -0.05) is 19.9 Å². The van der Waals surface area contributed by atoms with Crippen LogP contribution in [-0.4, -0.2) is 6.79 Å². The number of ether oxygens (including phenoxy) is 2. The highest BCUT2D eigenvalue weighted by Gasteiger charge is 2.17. The molecule has 76 valence electrons. The van der Waals surface area contributed by atoms with E-state index in [1.54, 1.807) is 0 Å². The predicted octanol–water partition coefficient (Wildman–Crippen LogP) is 2.07. The predicted molar refractivity (Wildman–Crippen MR) is 54.3 cm³/mol. The summed E-state index contributed by atoms with van der Waals surface area (Å²) in [4.78, 5) is 0. The molecule has 0 unspecified atom stereocenters. The second-order valence-electron chi connectivity index (χ2n) is 3.88. The summed E-state index contributed by atoms with van der Waals surface area (Å²) in [6.45, 7) is 4.53. The summed E-state index contributed by atoms with van der Waals surface area (Å²) in [5, 5.41) is 0. The molecule has 0 saturated carbocycles. The zero-order chi connectivity index (χ0) is 10.1. The molecule has 0 radical (unpaired) electrons. The Morgan fingerprint density at radius 2 is 1.93 bits per heavy atom. The topological polar surface area (TPSA) is 44.5 Å². The zero-order valence-corrected chi connectivity index (χ0v) is 8.49. The van der Waals surface area contributed by atoms with Gasteiger partial charge in [-0.05, 0) is 23.6 Å². The Labute approximate surface area is 83.8 Å². The monoisotopic (exact) mass is 193 g/mol. The molecule has 1 aromatic carbocycles. The van der Waals surface area contributed by atoms with Gasteiger partial charge in [0.1, 0.15) is 0 Å². The Bertz CT molecular complexity index is 336. The third kappa shape index (κ3) is 1.55. The van der Waals surface area contributed by atoms with Crippen LogP contribution in [-0.2, 0) is 0 Å². The Balaban J connectivity index is 2.28. The number of rotatable bonds is 2. The van der Waals surface area contributed by atoms with E-state index >= 15 is 0 Å². The Morgan fingerprint density at radius 3 is 2.64 bits per heavy atom. The number of nitrogens with two attached hydrogens (primary N) is 1. The van der Waals surface area contributed by atoms with Gasteiger partial charge in [0.15, 0.2) is 11.5 Å². The molecule has 1 aliphatic heterocycles. The van der Waals surface area contributed by atoms with Gasteiger partial charge >= 0.3 is 0 Å². The van der Waals surface area contributed by atoms with Crippen LogP contribution < -0.4 is 15.2 Å². The van der Waals surface area contributed by atoms with Gasteiger partial charge in [-0.15, -0.1) is 0 Å². The minimum absolute atomic E-state index is 0.0597. The van der Waals surface area contributed by atoms with Crippen LogP contribution in [0.3, 0.4) is 0 Å². The maximum atomic E-state index is 6.04. The number of fused-ring (bicyclic) bond motifs is 1. The van der Waals surface area contributed by atoms with Crippen LogP contribution >= 0.6 is 0 Å². The number of hydrogen-bond acceptors (Lipinski definition) is 3. The summed E-state index contributed by atoms with van der Waals surface area (Å²) in [6, 6.07) is 5.94. The van der Waals surface area contributed by atoms with E-state index in [1.807, 2.05) is 18.2 Å². The summed E-state index contributed by atoms with van der Waals surface area (Å²) < 4.78 is 10.5. The molecule has 0 saturated heterocycles. The molecule has 3 heteroatoms. The van der Waals surface area contributed by atoms with Crippen molar-refractivity contribution in [3.8, 4) is 11.5 Å². The average Bonchev–Trinajstić information content (AvgIpc) is 2.62. The lowest BCUT2D eigenvalue weighted by molar-refractivity contribution is 0.174. The molecule has 0 amide bonds. The summed E-state index contributed by atoms with van der Waals surface area (Å²) in [5.74, 6) is 2.04. The van der Waals surface area contributed by atoms with Crippen molar-refractivity contribution in [3.63, 3.8) is 0 Å². The van der Waals surface area contributed by atoms with Crippen LogP contribution in [0.15, 0.2) is 18.2 Å². The van der Waals surface area contributed by atoms with Gasteiger partial charge < -0.3 is 15.2 Å². The first-order valence-corrected chi connectivity index (χ1v) is 4.83. The first-order chi connectivity index (χ1) is 6.68. The Hall–Kier alpha value is -1.22. The second-order valence-corrected chi connectivity index (χ2v) is 3.88. The maximum absolute atomic E-state index is 6.04. The Morgan fingerprint density at radius 1 is 1.21 bits per heavy atom. The molecule has 1 aromatic rings. The van der Waals surface area contributed by atoms with E-state index in [1.165, 1.54) is 0 Å². The molecule has 2 rings (SSSR count). The van der Waals surface area contributed by atoms with E-state index in [0.29, 0.717) is 12.7 Å². The molecule has 14 heavy (non-hydrogen) atoms. The number of benzene rings is 1. The van der Waals surface area contributed by atoms with Crippen LogP contribution in [0.5, 0.6) is 11.5 Å². The van der Waals surface area contributed by atoms with Crippen LogP contribution in [0.2, 0.25) is 0 Å². The lowest BCUT2D eigenvalue weighted by Gasteiger charge is -2.16. The van der Waals surface area contributed by atoms with E-state index in [2.05, 4.69) is 13.8 Å². The van der Waals surface area contributed by atoms with Crippen molar-refractivity contribution in [1.29, 1.82) is 0 Å². The van der Waals surface area contributed by atoms with Crippen LogP contribution in [0, 0.1) is 5.92 Å². The van der Waals surface area contributed by atoms with Gasteiger partial charge in [-0.2, -0.15) is 0 Å². The summed E-state index contributed by atoms with van der Waals surface area (Å²) >= 11 is 0. The van der Waals surface area contributed by atoms with Gasteiger partial charge in [0, 0.05) is 6.04 Å². The molecule has 1 aliphatic rings. The van der Waals surface area contributed by atoms with Gasteiger partial charge in [0.05, 0.1) is 0 Å². The van der Waals surface area contributed by atoms with E-state index in [-0.39, 0.29) is 6.04 Å². The maximum Gasteiger partial charge on any atom is 0.231 e. The molecular weight excluding hydrogens is 178 g/mol. The first kappa shape index (κ1) is 9.34. The van der Waals surface area contributed by atoms with Crippen molar-refractivity contribution >= 4 is 0 Å². The first-order valence-electron chi connectivity index (χ1n) is 4.83. The average molecular weight is 193 g/mol. The van der Waals surface area contributed by atoms with E-state index in [4.69, 9.17) is 15.2 Å². The summed E-state index contributed by atoms with van der Waals surface area (Å²) in [7, 11) is 0. The lowest BCUT2D eigenvalue weighted by Crippen LogP contribution is -2.16. The minimum Gasteiger partial charge on any atom is -0.454 e. The largest absolute Gasteiger partial charge is 0.454 e. The van der Waals surface area contributed by atoms with Crippen molar-refractivity contribution in [2.75, 3.05) is 6.79 Å². The molecule has 0 fully saturated rings. The van der Waals surface area contributed by atoms with Gasteiger partial charge in [0.2, 0.25) is 6.79 Å². The normalized spacial score (nSPS) is 16.0. The van der Waals surface area contributed by atoms with Gasteiger partial charge in [-0.3, -0.25) is 0 Å². The lowest BCUT2D eigenvalue weighted by atomic mass is 9.97. The van der Waals surface area contributed by atoms with E-state index in [0.717, 1.165) is 17.1 Å². The highest BCUT2D eigenvalue weighted by molar-refractivity contribution is 5.45. The molecule has 2 N–H and O–H groups in total. The van der Waals surface area contributed by atoms with E-state index < -0.39 is 0 Å². The molecule has 0 bridgehead atoms. The molecule has 0 aliphatic carbocycles. The summed E-state index contributed by atoms with van der Waals surface area (Å²) in [5.41, 5.74) is 7.14. The van der Waals surface area contributed by atoms with Crippen molar-refractivity contribution < 1.29 is 9.47 Å². The highest BCUT2D eigenvalue weighted by atomic mass is 16.7. The molecule has 3 nitrogen and oxygen atoms in total. The molecule has 1 atom stereocenters. The van der Waals surface area contributed by atoms with Crippen molar-refractivity contribution in [2.45, 2.75) is 19.9 Å². The fourth-order valence-corrected chi connectivity index (χ4v) is 1.51. The second kappa shape index (κ2) is 3.50. The van der Waals surface area contributed by atoms with Crippen LogP contribution in [0.1, 0.15) is 25.5 Å². The fraction of sp³-hybridized carbons (Fsp3) is 0.455. The van der Waals surface area contributed by atoms with Gasteiger partial charge in [-0.25, -0.2) is 0 Å².